The molecule has 22 heavy (non-hydrogen) atoms. The lowest BCUT2D eigenvalue weighted by atomic mass is 9.91. The summed E-state index contributed by atoms with van der Waals surface area (Å²) in [7, 11) is 0. The first-order valence-corrected chi connectivity index (χ1v) is 8.50. The Morgan fingerprint density at radius 1 is 1.18 bits per heavy atom. The molecule has 0 saturated heterocycles. The van der Waals surface area contributed by atoms with E-state index in [2.05, 4.69) is 24.1 Å². The third kappa shape index (κ3) is 4.31. The third-order valence-electron chi connectivity index (χ3n) is 4.66. The molecule has 0 radical (unpaired) electrons. The van der Waals surface area contributed by atoms with Gasteiger partial charge in [-0.15, -0.1) is 0 Å². The number of rotatable bonds is 6. The van der Waals surface area contributed by atoms with Crippen LogP contribution in [0.15, 0.2) is 30.3 Å². The van der Waals surface area contributed by atoms with Gasteiger partial charge in [-0.2, -0.15) is 0 Å². The van der Waals surface area contributed by atoms with Crippen molar-refractivity contribution in [2.45, 2.75) is 57.7 Å². The van der Waals surface area contributed by atoms with E-state index in [0.717, 1.165) is 44.3 Å². The third-order valence-corrected chi connectivity index (χ3v) is 4.66. The Bertz CT molecular complexity index is 451. The molecule has 0 bridgehead atoms. The van der Waals surface area contributed by atoms with Crippen molar-refractivity contribution in [3.05, 3.63) is 35.9 Å². The molecule has 4 nitrogen and oxygen atoms in total. The highest BCUT2D eigenvalue weighted by molar-refractivity contribution is 5.83. The lowest BCUT2D eigenvalue weighted by Crippen LogP contribution is -2.46. The van der Waals surface area contributed by atoms with Crippen molar-refractivity contribution in [3.8, 4) is 0 Å². The number of nitrogens with two attached hydrogens (primary N) is 1. The maximum atomic E-state index is 12.9. The topological polar surface area (TPSA) is 58.4 Å². The molecule has 1 aromatic carbocycles. The Hall–Kier alpha value is -1.39. The van der Waals surface area contributed by atoms with Crippen LogP contribution in [0, 0.1) is 0 Å². The molecular formula is C18H29N3O. The molecule has 1 aromatic rings. The Morgan fingerprint density at radius 2 is 1.77 bits per heavy atom. The first-order chi connectivity index (χ1) is 10.7. The molecule has 3 N–H and O–H groups in total. The van der Waals surface area contributed by atoms with E-state index in [-0.39, 0.29) is 18.0 Å². The molecule has 2 rings (SSSR count). The summed E-state index contributed by atoms with van der Waals surface area (Å²) in [5.74, 6) is 0.121. The normalized spacial score (nSPS) is 23.3. The van der Waals surface area contributed by atoms with Crippen LogP contribution in [-0.2, 0) is 4.79 Å². The molecule has 1 amide bonds. The number of benzene rings is 1. The van der Waals surface area contributed by atoms with Crippen molar-refractivity contribution in [1.29, 1.82) is 0 Å². The van der Waals surface area contributed by atoms with E-state index in [4.69, 9.17) is 5.73 Å². The molecular weight excluding hydrogens is 274 g/mol. The van der Waals surface area contributed by atoms with Gasteiger partial charge >= 0.3 is 0 Å². The largest absolute Gasteiger partial charge is 0.352 e. The fraction of sp³-hybridized carbons (Fsp3) is 0.611. The average molecular weight is 303 g/mol. The quantitative estimate of drug-likeness (QED) is 0.848. The van der Waals surface area contributed by atoms with Gasteiger partial charge in [0.25, 0.3) is 0 Å². The van der Waals surface area contributed by atoms with Gasteiger partial charge in [-0.05, 0) is 44.3 Å². The minimum atomic E-state index is -0.202. The second kappa shape index (κ2) is 8.30. The van der Waals surface area contributed by atoms with E-state index in [0.29, 0.717) is 6.04 Å². The van der Waals surface area contributed by atoms with Crippen molar-refractivity contribution in [2.75, 3.05) is 13.1 Å². The molecule has 1 saturated carbocycles. The number of carbonyl (C=O) groups excluding carboxylic acids is 1. The predicted octanol–water partition coefficient (Wildman–Crippen LogP) is 2.46. The van der Waals surface area contributed by atoms with Gasteiger partial charge in [-0.1, -0.05) is 44.2 Å². The molecule has 0 heterocycles. The smallest absolute Gasteiger partial charge is 0.242 e. The second-order valence-electron chi connectivity index (χ2n) is 6.15. The van der Waals surface area contributed by atoms with E-state index in [1.54, 1.807) is 0 Å². The highest BCUT2D eigenvalue weighted by atomic mass is 16.2. The first kappa shape index (κ1) is 17.0. The van der Waals surface area contributed by atoms with Gasteiger partial charge in [-0.25, -0.2) is 0 Å². The Labute approximate surface area is 134 Å². The minimum absolute atomic E-state index is 0.121. The van der Waals surface area contributed by atoms with Crippen molar-refractivity contribution in [1.82, 2.24) is 10.2 Å². The van der Waals surface area contributed by atoms with Gasteiger partial charge in [0.15, 0.2) is 0 Å². The van der Waals surface area contributed by atoms with Gasteiger partial charge in [0.05, 0.1) is 0 Å². The van der Waals surface area contributed by atoms with Crippen LogP contribution in [0.5, 0.6) is 0 Å². The van der Waals surface area contributed by atoms with Crippen molar-refractivity contribution in [2.24, 2.45) is 5.73 Å². The zero-order chi connectivity index (χ0) is 15.9. The zero-order valence-corrected chi connectivity index (χ0v) is 13.8. The second-order valence-corrected chi connectivity index (χ2v) is 6.15. The SMILES string of the molecule is CCN(CC)C(C(=O)NC1CCC(N)CC1)c1ccccc1. The number of amides is 1. The Morgan fingerprint density at radius 3 is 2.32 bits per heavy atom. The van der Waals surface area contributed by atoms with Crippen LogP contribution in [0.4, 0.5) is 0 Å². The number of hydrogen-bond acceptors (Lipinski definition) is 3. The minimum Gasteiger partial charge on any atom is -0.352 e. The molecule has 1 aliphatic carbocycles. The van der Waals surface area contributed by atoms with Gasteiger partial charge in [0, 0.05) is 12.1 Å². The van der Waals surface area contributed by atoms with Crippen LogP contribution in [0.2, 0.25) is 0 Å². The lowest BCUT2D eigenvalue weighted by molar-refractivity contribution is -0.127. The Balaban J connectivity index is 2.09. The molecule has 4 heteroatoms. The average Bonchev–Trinajstić information content (AvgIpc) is 2.55. The van der Waals surface area contributed by atoms with Crippen LogP contribution in [0.1, 0.15) is 51.1 Å². The van der Waals surface area contributed by atoms with Crippen molar-refractivity contribution in [3.63, 3.8) is 0 Å². The first-order valence-electron chi connectivity index (χ1n) is 8.50. The van der Waals surface area contributed by atoms with Crippen LogP contribution in [0.25, 0.3) is 0 Å². The lowest BCUT2D eigenvalue weighted by Gasteiger charge is -2.32. The molecule has 0 aromatic heterocycles. The van der Waals surface area contributed by atoms with Gasteiger partial charge < -0.3 is 11.1 Å². The Kier molecular flexibility index (Phi) is 6.40. The number of carbonyl (C=O) groups is 1. The molecule has 1 atom stereocenters. The summed E-state index contributed by atoms with van der Waals surface area (Å²) in [5.41, 5.74) is 7.01. The molecule has 1 unspecified atom stereocenters. The number of nitrogens with zero attached hydrogens (tertiary/aromatic N) is 1. The summed E-state index contributed by atoms with van der Waals surface area (Å²) in [5, 5.41) is 3.25. The molecule has 0 aliphatic heterocycles. The number of hydrogen-bond donors (Lipinski definition) is 2. The molecule has 122 valence electrons. The monoisotopic (exact) mass is 303 g/mol. The molecule has 0 spiro atoms. The van der Waals surface area contributed by atoms with E-state index in [1.165, 1.54) is 0 Å². The summed E-state index contributed by atoms with van der Waals surface area (Å²) in [4.78, 5) is 15.1. The fourth-order valence-electron chi connectivity index (χ4n) is 3.30. The van der Waals surface area contributed by atoms with E-state index in [9.17, 15) is 4.79 Å². The van der Waals surface area contributed by atoms with Crippen LogP contribution < -0.4 is 11.1 Å². The predicted molar refractivity (Wildman–Crippen MR) is 90.5 cm³/mol. The number of likely N-dealkylation sites (N-methyl/N-ethyl adjacent to an activating group) is 1. The summed E-state index contributed by atoms with van der Waals surface area (Å²) in [6, 6.07) is 10.4. The zero-order valence-electron chi connectivity index (χ0n) is 13.8. The maximum Gasteiger partial charge on any atom is 0.242 e. The highest BCUT2D eigenvalue weighted by Crippen LogP contribution is 2.23. The standard InChI is InChI=1S/C18H29N3O/c1-3-21(4-2)17(14-8-6-5-7-9-14)18(22)20-16-12-10-15(19)11-13-16/h5-9,15-17H,3-4,10-13,19H2,1-2H3,(H,20,22). The van der Waals surface area contributed by atoms with Crippen LogP contribution in [-0.4, -0.2) is 36.0 Å². The highest BCUT2D eigenvalue weighted by Gasteiger charge is 2.28. The molecule has 1 aliphatic rings. The van der Waals surface area contributed by atoms with E-state index in [1.807, 2.05) is 30.3 Å². The summed E-state index contributed by atoms with van der Waals surface area (Å²) >= 11 is 0. The van der Waals surface area contributed by atoms with Crippen LogP contribution in [0.3, 0.4) is 0 Å². The van der Waals surface area contributed by atoms with Gasteiger partial charge in [0.2, 0.25) is 5.91 Å². The van der Waals surface area contributed by atoms with Crippen LogP contribution >= 0.6 is 0 Å². The summed E-state index contributed by atoms with van der Waals surface area (Å²) in [6.07, 6.45) is 4.00. The van der Waals surface area contributed by atoms with E-state index >= 15 is 0 Å². The van der Waals surface area contributed by atoms with E-state index < -0.39 is 0 Å². The van der Waals surface area contributed by atoms with Gasteiger partial charge in [-0.3, -0.25) is 9.69 Å². The number of nitrogens with one attached hydrogen (secondary N) is 1. The maximum absolute atomic E-state index is 12.9. The summed E-state index contributed by atoms with van der Waals surface area (Å²) < 4.78 is 0. The fourth-order valence-corrected chi connectivity index (χ4v) is 3.30. The van der Waals surface area contributed by atoms with Crippen molar-refractivity contribution < 1.29 is 4.79 Å². The van der Waals surface area contributed by atoms with Gasteiger partial charge in [0.1, 0.15) is 6.04 Å². The molecule has 1 fully saturated rings. The summed E-state index contributed by atoms with van der Waals surface area (Å²) in [6.45, 7) is 5.93. The van der Waals surface area contributed by atoms with Crippen molar-refractivity contribution >= 4 is 5.91 Å².